The first-order valence-corrected chi connectivity index (χ1v) is 9.18. The lowest BCUT2D eigenvalue weighted by molar-refractivity contribution is 0.417. The van der Waals surface area contributed by atoms with Crippen molar-refractivity contribution in [3.05, 3.63) is 54.6 Å². The quantitative estimate of drug-likeness (QED) is 0.467. The van der Waals surface area contributed by atoms with E-state index in [1.165, 1.54) is 19.2 Å². The smallest absolute Gasteiger partial charge is 0.284 e. The molecule has 0 aliphatic carbocycles. The lowest BCUT2D eigenvalue weighted by Gasteiger charge is -2.18. The summed E-state index contributed by atoms with van der Waals surface area (Å²) < 4.78 is 31.5. The zero-order valence-electron chi connectivity index (χ0n) is 12.4. The molecule has 0 saturated carbocycles. The van der Waals surface area contributed by atoms with E-state index in [1.54, 1.807) is 42.5 Å². The summed E-state index contributed by atoms with van der Waals surface area (Å²) >= 11 is 17.6. The Hall–Kier alpha value is -1.47. The number of hydrogen-bond acceptors (Lipinski definition) is 3. The summed E-state index contributed by atoms with van der Waals surface area (Å²) in [5.41, 5.74) is 0.410. The number of rotatable bonds is 4. The van der Waals surface area contributed by atoms with E-state index in [0.29, 0.717) is 11.4 Å². The highest BCUT2D eigenvalue weighted by molar-refractivity contribution is 7.90. The van der Waals surface area contributed by atoms with Crippen LogP contribution in [0, 0.1) is 0 Å². The fourth-order valence-electron chi connectivity index (χ4n) is 1.79. The van der Waals surface area contributed by atoms with Gasteiger partial charge in [0.1, 0.15) is 5.75 Å². The van der Waals surface area contributed by atoms with Gasteiger partial charge in [-0.15, -0.1) is 4.40 Å². The van der Waals surface area contributed by atoms with Crippen molar-refractivity contribution in [2.24, 2.45) is 4.40 Å². The summed E-state index contributed by atoms with van der Waals surface area (Å²) in [5.74, 6) is 0.0809. The average molecular weight is 408 g/mol. The van der Waals surface area contributed by atoms with Gasteiger partial charge in [0.25, 0.3) is 10.0 Å². The van der Waals surface area contributed by atoms with Crippen molar-refractivity contribution >= 4 is 56.3 Å². The van der Waals surface area contributed by atoms with E-state index >= 15 is 0 Å². The number of alkyl halides is 3. The molecule has 0 unspecified atom stereocenters. The molecule has 0 heterocycles. The van der Waals surface area contributed by atoms with Crippen LogP contribution in [0.2, 0.25) is 0 Å². The lowest BCUT2D eigenvalue weighted by Crippen LogP contribution is -2.29. The maximum Gasteiger partial charge on any atom is 0.284 e. The third-order valence-corrected chi connectivity index (χ3v) is 4.71. The Labute approximate surface area is 155 Å². The largest absolute Gasteiger partial charge is 0.495 e. The summed E-state index contributed by atoms with van der Waals surface area (Å²) in [5, 5.41) is 2.71. The number of amidine groups is 1. The molecule has 0 bridgehead atoms. The standard InChI is InChI=1S/C15H13Cl3N2O3S/c1-23-13-10-6-5-9-12(13)19-14(15(16,17)18)20-24(21,22)11-7-3-2-4-8-11/h2-10H,1H3,(H,19,20). The second-order valence-electron chi connectivity index (χ2n) is 4.55. The van der Waals surface area contributed by atoms with Gasteiger partial charge in [0.2, 0.25) is 3.79 Å². The Balaban J connectivity index is 2.47. The van der Waals surface area contributed by atoms with Gasteiger partial charge in [0, 0.05) is 0 Å². The number of anilines is 1. The molecular weight excluding hydrogens is 395 g/mol. The SMILES string of the molecule is COc1ccccc1N/C(=N/S(=O)(=O)c1ccccc1)C(Cl)(Cl)Cl. The minimum atomic E-state index is -4.05. The number of ether oxygens (including phenoxy) is 1. The molecule has 0 aliphatic heterocycles. The molecule has 2 rings (SSSR count). The predicted molar refractivity (Wildman–Crippen MR) is 98.0 cm³/mol. The van der Waals surface area contributed by atoms with Crippen LogP contribution in [0.5, 0.6) is 5.75 Å². The highest BCUT2D eigenvalue weighted by atomic mass is 35.6. The molecule has 0 fully saturated rings. The van der Waals surface area contributed by atoms with E-state index in [2.05, 4.69) is 9.71 Å². The Morgan fingerprint density at radius 3 is 2.21 bits per heavy atom. The summed E-state index contributed by atoms with van der Waals surface area (Å²) in [4.78, 5) is -0.0152. The molecule has 24 heavy (non-hydrogen) atoms. The lowest BCUT2D eigenvalue weighted by atomic mass is 10.3. The number of halogens is 3. The van der Waals surface area contributed by atoms with E-state index < -0.39 is 13.8 Å². The zero-order chi connectivity index (χ0) is 17.8. The number of benzene rings is 2. The molecule has 0 atom stereocenters. The van der Waals surface area contributed by atoms with Crippen LogP contribution in [0.4, 0.5) is 5.69 Å². The van der Waals surface area contributed by atoms with Crippen LogP contribution >= 0.6 is 34.8 Å². The van der Waals surface area contributed by atoms with E-state index in [4.69, 9.17) is 39.5 Å². The second kappa shape index (κ2) is 7.61. The van der Waals surface area contributed by atoms with Crippen molar-refractivity contribution in [3.8, 4) is 5.75 Å². The molecule has 9 heteroatoms. The van der Waals surface area contributed by atoms with Gasteiger partial charge in [-0.25, -0.2) is 0 Å². The first-order valence-electron chi connectivity index (χ1n) is 6.61. The fourth-order valence-corrected chi connectivity index (χ4v) is 3.23. The fraction of sp³-hybridized carbons (Fsp3) is 0.133. The molecule has 0 spiro atoms. The zero-order valence-corrected chi connectivity index (χ0v) is 15.5. The summed E-state index contributed by atoms with van der Waals surface area (Å²) in [6, 6.07) is 14.4. The minimum absolute atomic E-state index is 0.0152. The van der Waals surface area contributed by atoms with Gasteiger partial charge in [0.05, 0.1) is 17.7 Å². The van der Waals surface area contributed by atoms with Crippen LogP contribution in [-0.4, -0.2) is 25.2 Å². The molecule has 0 aliphatic rings. The molecule has 128 valence electrons. The van der Waals surface area contributed by atoms with Gasteiger partial charge in [-0.3, -0.25) is 0 Å². The van der Waals surface area contributed by atoms with Crippen LogP contribution in [0.15, 0.2) is 63.9 Å². The van der Waals surface area contributed by atoms with E-state index in [-0.39, 0.29) is 10.7 Å². The van der Waals surface area contributed by atoms with Crippen LogP contribution in [0.25, 0.3) is 0 Å². The summed E-state index contributed by atoms with van der Waals surface area (Å²) in [6.07, 6.45) is 0. The first kappa shape index (κ1) is 18.9. The molecule has 0 aromatic heterocycles. The number of hydrogen-bond donors (Lipinski definition) is 1. The van der Waals surface area contributed by atoms with E-state index in [0.717, 1.165) is 0 Å². The van der Waals surface area contributed by atoms with Crippen LogP contribution < -0.4 is 10.1 Å². The van der Waals surface area contributed by atoms with Crippen molar-refractivity contribution in [1.82, 2.24) is 0 Å². The van der Waals surface area contributed by atoms with E-state index in [1.807, 2.05) is 0 Å². The van der Waals surface area contributed by atoms with Crippen LogP contribution in [-0.2, 0) is 10.0 Å². The Kier molecular flexibility index (Phi) is 5.98. The van der Waals surface area contributed by atoms with Crippen molar-refractivity contribution in [2.45, 2.75) is 8.69 Å². The van der Waals surface area contributed by atoms with Crippen molar-refractivity contribution in [1.29, 1.82) is 0 Å². The van der Waals surface area contributed by atoms with Gasteiger partial charge < -0.3 is 10.1 Å². The topological polar surface area (TPSA) is 67.8 Å². The Bertz CT molecular complexity index is 835. The van der Waals surface area contributed by atoms with Crippen LogP contribution in [0.3, 0.4) is 0 Å². The number of nitrogens with zero attached hydrogens (tertiary/aromatic N) is 1. The predicted octanol–water partition coefficient (Wildman–Crippen LogP) is 4.26. The highest BCUT2D eigenvalue weighted by Gasteiger charge is 2.31. The molecular formula is C15H13Cl3N2O3S. The van der Waals surface area contributed by atoms with Gasteiger partial charge in [-0.05, 0) is 24.3 Å². The summed E-state index contributed by atoms with van der Waals surface area (Å²) in [6.45, 7) is 0. The van der Waals surface area contributed by atoms with Crippen molar-refractivity contribution in [3.63, 3.8) is 0 Å². The molecule has 2 aromatic rings. The molecule has 0 radical (unpaired) electrons. The van der Waals surface area contributed by atoms with Crippen molar-refractivity contribution in [2.75, 3.05) is 12.4 Å². The molecule has 0 amide bonds. The number of nitrogens with one attached hydrogen (secondary N) is 1. The van der Waals surface area contributed by atoms with Gasteiger partial charge in [-0.2, -0.15) is 8.42 Å². The molecule has 0 saturated heterocycles. The normalized spacial score (nSPS) is 12.8. The van der Waals surface area contributed by atoms with Crippen molar-refractivity contribution < 1.29 is 13.2 Å². The molecule has 1 N–H and O–H groups in total. The number of para-hydroxylation sites is 2. The molecule has 5 nitrogen and oxygen atoms in total. The maximum absolute atomic E-state index is 12.4. The van der Waals surface area contributed by atoms with Gasteiger partial charge in [0.15, 0.2) is 5.84 Å². The van der Waals surface area contributed by atoms with Crippen LogP contribution in [0.1, 0.15) is 0 Å². The number of methoxy groups -OCH3 is 1. The Morgan fingerprint density at radius 1 is 1.04 bits per heavy atom. The number of sulfonamides is 1. The van der Waals surface area contributed by atoms with Gasteiger partial charge >= 0.3 is 0 Å². The second-order valence-corrected chi connectivity index (χ2v) is 8.44. The molecule has 2 aromatic carbocycles. The monoisotopic (exact) mass is 406 g/mol. The minimum Gasteiger partial charge on any atom is -0.495 e. The highest BCUT2D eigenvalue weighted by Crippen LogP contribution is 2.32. The first-order chi connectivity index (χ1) is 11.2. The van der Waals surface area contributed by atoms with E-state index in [9.17, 15) is 8.42 Å². The summed E-state index contributed by atoms with van der Waals surface area (Å²) in [7, 11) is -2.59. The van der Waals surface area contributed by atoms with Gasteiger partial charge in [-0.1, -0.05) is 65.1 Å². The Morgan fingerprint density at radius 2 is 1.62 bits per heavy atom. The average Bonchev–Trinajstić information content (AvgIpc) is 2.54. The third kappa shape index (κ3) is 4.77. The third-order valence-electron chi connectivity index (χ3n) is 2.88. The maximum atomic E-state index is 12.4.